The molecule has 3 heteroatoms. The molecule has 0 amide bonds. The van der Waals surface area contributed by atoms with Gasteiger partial charge in [-0.3, -0.25) is 0 Å². The van der Waals surface area contributed by atoms with Gasteiger partial charge in [-0.25, -0.2) is 4.39 Å². The van der Waals surface area contributed by atoms with Crippen LogP contribution < -0.4 is 4.90 Å². The molecule has 0 N–H and O–H groups in total. The van der Waals surface area contributed by atoms with E-state index in [1.807, 2.05) is 19.1 Å². The highest BCUT2D eigenvalue weighted by Gasteiger charge is 2.26. The molecule has 0 bridgehead atoms. The Bertz CT molecular complexity index is 446. The van der Waals surface area contributed by atoms with Crippen molar-refractivity contribution in [3.63, 3.8) is 0 Å². The molecule has 0 spiro atoms. The Labute approximate surface area is 121 Å². The summed E-state index contributed by atoms with van der Waals surface area (Å²) in [7, 11) is 0. The maximum atomic E-state index is 14.0. The first-order valence-corrected chi connectivity index (χ1v) is 7.99. The van der Waals surface area contributed by atoms with Gasteiger partial charge in [0, 0.05) is 19.1 Å². The Morgan fingerprint density at radius 2 is 1.70 bits per heavy atom. The molecular formula is C17H25FN2. The third-order valence-electron chi connectivity index (χ3n) is 4.82. The van der Waals surface area contributed by atoms with E-state index in [0.29, 0.717) is 0 Å². The molecule has 2 aliphatic heterocycles. The molecular weight excluding hydrogens is 251 g/mol. The van der Waals surface area contributed by atoms with E-state index in [0.717, 1.165) is 30.4 Å². The predicted octanol–water partition coefficient (Wildman–Crippen LogP) is 3.59. The molecule has 3 rings (SSSR count). The van der Waals surface area contributed by atoms with Crippen molar-refractivity contribution < 1.29 is 4.39 Å². The summed E-state index contributed by atoms with van der Waals surface area (Å²) >= 11 is 0. The standard InChI is InChI=1S/C17H25FN2/c1-14-5-6-17(16(18)13-14)20-11-7-15(8-12-20)19-9-3-2-4-10-19/h5-6,13,15H,2-4,7-12H2,1H3. The van der Waals surface area contributed by atoms with E-state index >= 15 is 0 Å². The summed E-state index contributed by atoms with van der Waals surface area (Å²) < 4.78 is 14.0. The summed E-state index contributed by atoms with van der Waals surface area (Å²) in [6.07, 6.45) is 6.45. The number of hydrogen-bond donors (Lipinski definition) is 0. The van der Waals surface area contributed by atoms with E-state index < -0.39 is 0 Å². The smallest absolute Gasteiger partial charge is 0.146 e. The van der Waals surface area contributed by atoms with Gasteiger partial charge in [-0.05, 0) is 63.4 Å². The van der Waals surface area contributed by atoms with Crippen molar-refractivity contribution in [1.82, 2.24) is 4.90 Å². The van der Waals surface area contributed by atoms with Crippen molar-refractivity contribution in [3.8, 4) is 0 Å². The molecule has 2 aliphatic rings. The third-order valence-corrected chi connectivity index (χ3v) is 4.82. The number of aryl methyl sites for hydroxylation is 1. The number of nitrogens with zero attached hydrogens (tertiary/aromatic N) is 2. The van der Waals surface area contributed by atoms with Gasteiger partial charge in [-0.1, -0.05) is 12.5 Å². The average molecular weight is 276 g/mol. The number of piperidine rings is 2. The van der Waals surface area contributed by atoms with Gasteiger partial charge in [-0.2, -0.15) is 0 Å². The minimum absolute atomic E-state index is 0.0681. The molecule has 1 aromatic carbocycles. The van der Waals surface area contributed by atoms with Gasteiger partial charge in [0.25, 0.3) is 0 Å². The Morgan fingerprint density at radius 3 is 2.35 bits per heavy atom. The Hall–Kier alpha value is -1.09. The molecule has 2 fully saturated rings. The van der Waals surface area contributed by atoms with Crippen LogP contribution >= 0.6 is 0 Å². The lowest BCUT2D eigenvalue weighted by atomic mass is 9.99. The number of benzene rings is 1. The van der Waals surface area contributed by atoms with Gasteiger partial charge >= 0.3 is 0 Å². The minimum atomic E-state index is -0.0681. The van der Waals surface area contributed by atoms with Gasteiger partial charge in [0.2, 0.25) is 0 Å². The zero-order chi connectivity index (χ0) is 13.9. The lowest BCUT2D eigenvalue weighted by Crippen LogP contribution is -2.46. The first-order chi connectivity index (χ1) is 9.74. The van der Waals surface area contributed by atoms with Gasteiger partial charge in [0.15, 0.2) is 0 Å². The zero-order valence-corrected chi connectivity index (χ0v) is 12.4. The zero-order valence-electron chi connectivity index (χ0n) is 12.4. The molecule has 0 atom stereocenters. The number of halogens is 1. The van der Waals surface area contributed by atoms with Gasteiger partial charge in [-0.15, -0.1) is 0 Å². The maximum Gasteiger partial charge on any atom is 0.146 e. The van der Waals surface area contributed by atoms with E-state index in [2.05, 4.69) is 9.80 Å². The minimum Gasteiger partial charge on any atom is -0.369 e. The Balaban J connectivity index is 1.60. The van der Waals surface area contributed by atoms with Crippen LogP contribution in [-0.2, 0) is 0 Å². The lowest BCUT2D eigenvalue weighted by molar-refractivity contribution is 0.141. The molecule has 0 radical (unpaired) electrons. The molecule has 20 heavy (non-hydrogen) atoms. The summed E-state index contributed by atoms with van der Waals surface area (Å²) in [6, 6.07) is 6.31. The quantitative estimate of drug-likeness (QED) is 0.814. The average Bonchev–Trinajstić information content (AvgIpc) is 2.48. The third kappa shape index (κ3) is 2.98. The van der Waals surface area contributed by atoms with Crippen LogP contribution in [0.15, 0.2) is 18.2 Å². The van der Waals surface area contributed by atoms with Crippen LogP contribution in [0.5, 0.6) is 0 Å². The molecule has 0 saturated carbocycles. The van der Waals surface area contributed by atoms with Crippen molar-refractivity contribution in [2.24, 2.45) is 0 Å². The number of anilines is 1. The van der Waals surface area contributed by atoms with Crippen molar-refractivity contribution in [2.45, 2.75) is 45.1 Å². The molecule has 0 unspecified atom stereocenters. The van der Waals surface area contributed by atoms with E-state index in [1.54, 1.807) is 6.07 Å². The number of rotatable bonds is 2. The highest BCUT2D eigenvalue weighted by Crippen LogP contribution is 2.26. The van der Waals surface area contributed by atoms with Gasteiger partial charge in [0.1, 0.15) is 5.82 Å². The molecule has 2 nitrogen and oxygen atoms in total. The normalized spacial score (nSPS) is 22.2. The van der Waals surface area contributed by atoms with Crippen molar-refractivity contribution in [2.75, 3.05) is 31.1 Å². The Morgan fingerprint density at radius 1 is 1.00 bits per heavy atom. The van der Waals surface area contributed by atoms with Gasteiger partial charge < -0.3 is 9.80 Å². The molecule has 1 aromatic rings. The van der Waals surface area contributed by atoms with Crippen LogP contribution in [0.2, 0.25) is 0 Å². The van der Waals surface area contributed by atoms with E-state index in [1.165, 1.54) is 45.2 Å². The largest absolute Gasteiger partial charge is 0.369 e. The van der Waals surface area contributed by atoms with Gasteiger partial charge in [0.05, 0.1) is 5.69 Å². The fraction of sp³-hybridized carbons (Fsp3) is 0.647. The summed E-state index contributed by atoms with van der Waals surface area (Å²) in [5, 5.41) is 0. The summed E-state index contributed by atoms with van der Waals surface area (Å²) in [4.78, 5) is 4.88. The summed E-state index contributed by atoms with van der Waals surface area (Å²) in [5.74, 6) is -0.0681. The number of hydrogen-bond acceptors (Lipinski definition) is 2. The number of likely N-dealkylation sites (tertiary alicyclic amines) is 1. The van der Waals surface area contributed by atoms with E-state index in [-0.39, 0.29) is 5.82 Å². The fourth-order valence-electron chi connectivity index (χ4n) is 3.62. The van der Waals surface area contributed by atoms with Crippen molar-refractivity contribution in [1.29, 1.82) is 0 Å². The maximum absolute atomic E-state index is 14.0. The van der Waals surface area contributed by atoms with Crippen LogP contribution in [-0.4, -0.2) is 37.1 Å². The second kappa shape index (κ2) is 6.13. The van der Waals surface area contributed by atoms with Crippen LogP contribution in [0.25, 0.3) is 0 Å². The first-order valence-electron chi connectivity index (χ1n) is 7.99. The van der Waals surface area contributed by atoms with E-state index in [4.69, 9.17) is 0 Å². The Kier molecular flexibility index (Phi) is 4.25. The first kappa shape index (κ1) is 13.9. The highest BCUT2D eigenvalue weighted by molar-refractivity contribution is 5.49. The topological polar surface area (TPSA) is 6.48 Å². The molecule has 110 valence electrons. The fourth-order valence-corrected chi connectivity index (χ4v) is 3.62. The highest BCUT2D eigenvalue weighted by atomic mass is 19.1. The van der Waals surface area contributed by atoms with Crippen LogP contribution in [0, 0.1) is 12.7 Å². The summed E-state index contributed by atoms with van der Waals surface area (Å²) in [6.45, 7) is 6.45. The molecule has 0 aliphatic carbocycles. The molecule has 2 saturated heterocycles. The molecule has 0 aromatic heterocycles. The monoisotopic (exact) mass is 276 g/mol. The SMILES string of the molecule is Cc1ccc(N2CCC(N3CCCCC3)CC2)c(F)c1. The van der Waals surface area contributed by atoms with Crippen LogP contribution in [0.1, 0.15) is 37.7 Å². The summed E-state index contributed by atoms with van der Waals surface area (Å²) in [5.41, 5.74) is 1.78. The van der Waals surface area contributed by atoms with Crippen molar-refractivity contribution >= 4 is 5.69 Å². The lowest BCUT2D eigenvalue weighted by Gasteiger charge is -2.41. The second-order valence-corrected chi connectivity index (χ2v) is 6.27. The van der Waals surface area contributed by atoms with Crippen LogP contribution in [0.3, 0.4) is 0 Å². The predicted molar refractivity (Wildman–Crippen MR) is 81.8 cm³/mol. The second-order valence-electron chi connectivity index (χ2n) is 6.27. The van der Waals surface area contributed by atoms with Crippen molar-refractivity contribution in [3.05, 3.63) is 29.6 Å². The molecule has 2 heterocycles. The van der Waals surface area contributed by atoms with E-state index in [9.17, 15) is 4.39 Å². The van der Waals surface area contributed by atoms with Crippen LogP contribution in [0.4, 0.5) is 10.1 Å².